The van der Waals surface area contributed by atoms with Gasteiger partial charge in [-0.15, -0.1) is 0 Å². The van der Waals surface area contributed by atoms with Crippen LogP contribution in [-0.2, 0) is 0 Å². The topological polar surface area (TPSA) is 61.4 Å². The van der Waals surface area contributed by atoms with Crippen LogP contribution in [0.5, 0.6) is 0 Å². The summed E-state index contributed by atoms with van der Waals surface area (Å²) in [5, 5.41) is 15.5. The Morgan fingerprint density at radius 3 is 2.53 bits per heavy atom. The van der Waals surface area contributed by atoms with Gasteiger partial charge in [0, 0.05) is 13.1 Å². The van der Waals surface area contributed by atoms with Gasteiger partial charge in [-0.3, -0.25) is 0 Å². The fourth-order valence-electron chi connectivity index (χ4n) is 1.94. The van der Waals surface area contributed by atoms with Gasteiger partial charge in [0.2, 0.25) is 0 Å². The van der Waals surface area contributed by atoms with Crippen LogP contribution in [0, 0.1) is 5.92 Å². The van der Waals surface area contributed by atoms with E-state index in [-0.39, 0.29) is 6.03 Å². The third-order valence-electron chi connectivity index (χ3n) is 3.12. The van der Waals surface area contributed by atoms with Gasteiger partial charge in [-0.2, -0.15) is 0 Å². The fourth-order valence-corrected chi connectivity index (χ4v) is 1.94. The van der Waals surface area contributed by atoms with E-state index < -0.39 is 5.60 Å². The lowest BCUT2D eigenvalue weighted by molar-refractivity contribution is -0.00386. The van der Waals surface area contributed by atoms with Crippen LogP contribution in [0.1, 0.15) is 39.5 Å². The Balaban J connectivity index is 2.27. The van der Waals surface area contributed by atoms with Gasteiger partial charge in [-0.05, 0) is 38.5 Å². The Morgan fingerprint density at radius 2 is 2.00 bits per heavy atom. The first kappa shape index (κ1) is 12.3. The normalized spacial score (nSPS) is 31.0. The minimum atomic E-state index is -0.683. The highest BCUT2D eigenvalue weighted by Crippen LogP contribution is 2.31. The highest BCUT2D eigenvalue weighted by molar-refractivity contribution is 5.73. The molecule has 0 aliphatic heterocycles. The third-order valence-corrected chi connectivity index (χ3v) is 3.12. The van der Waals surface area contributed by atoms with Crippen LogP contribution in [0.25, 0.3) is 0 Å². The van der Waals surface area contributed by atoms with E-state index in [1.165, 1.54) is 0 Å². The molecule has 0 heterocycles. The molecule has 3 N–H and O–H groups in total. The molecule has 0 atom stereocenters. The number of hydrogen-bond acceptors (Lipinski definition) is 2. The van der Waals surface area contributed by atoms with Gasteiger partial charge in [0.25, 0.3) is 0 Å². The minimum absolute atomic E-state index is 0.190. The molecule has 0 aromatic carbocycles. The standard InChI is InChI=1S/C11H22N2O2/c1-3-12-10(14)13-8-11(15)6-4-9(2)5-7-11/h9,15H,3-8H2,1-2H3,(H2,12,13,14). The van der Waals surface area contributed by atoms with E-state index in [9.17, 15) is 9.90 Å². The minimum Gasteiger partial charge on any atom is -0.388 e. The predicted octanol–water partition coefficient (Wildman–Crippen LogP) is 1.25. The molecular weight excluding hydrogens is 192 g/mol. The molecule has 0 radical (unpaired) electrons. The Kier molecular flexibility index (Phi) is 4.39. The molecule has 0 bridgehead atoms. The van der Waals surface area contributed by atoms with Crippen molar-refractivity contribution in [2.75, 3.05) is 13.1 Å². The van der Waals surface area contributed by atoms with E-state index >= 15 is 0 Å². The summed E-state index contributed by atoms with van der Waals surface area (Å²) < 4.78 is 0. The average Bonchev–Trinajstić information content (AvgIpc) is 2.21. The second kappa shape index (κ2) is 5.35. The molecule has 88 valence electrons. The van der Waals surface area contributed by atoms with E-state index in [2.05, 4.69) is 17.6 Å². The molecule has 4 heteroatoms. The summed E-state index contributed by atoms with van der Waals surface area (Å²) in [7, 11) is 0. The molecule has 1 aliphatic rings. The number of nitrogens with one attached hydrogen (secondary N) is 2. The van der Waals surface area contributed by atoms with Gasteiger partial charge < -0.3 is 15.7 Å². The van der Waals surface area contributed by atoms with Crippen molar-refractivity contribution < 1.29 is 9.90 Å². The lowest BCUT2D eigenvalue weighted by Crippen LogP contribution is -2.47. The zero-order chi connectivity index (χ0) is 11.3. The zero-order valence-electron chi connectivity index (χ0n) is 9.68. The number of aliphatic hydroxyl groups is 1. The van der Waals surface area contributed by atoms with Crippen molar-refractivity contribution in [3.8, 4) is 0 Å². The molecule has 0 unspecified atom stereocenters. The summed E-state index contributed by atoms with van der Waals surface area (Å²) in [6.07, 6.45) is 3.68. The van der Waals surface area contributed by atoms with E-state index in [1.807, 2.05) is 6.92 Å². The van der Waals surface area contributed by atoms with E-state index in [0.717, 1.165) is 25.7 Å². The van der Waals surface area contributed by atoms with Crippen molar-refractivity contribution in [3.05, 3.63) is 0 Å². The Labute approximate surface area is 91.4 Å². The summed E-state index contributed by atoms with van der Waals surface area (Å²) in [4.78, 5) is 11.2. The average molecular weight is 214 g/mol. The van der Waals surface area contributed by atoms with Crippen molar-refractivity contribution in [2.24, 2.45) is 5.92 Å². The number of urea groups is 1. The first-order valence-electron chi connectivity index (χ1n) is 5.80. The molecule has 1 fully saturated rings. The summed E-state index contributed by atoms with van der Waals surface area (Å²) in [6.45, 7) is 5.06. The van der Waals surface area contributed by atoms with Crippen LogP contribution in [0.15, 0.2) is 0 Å². The maximum atomic E-state index is 11.2. The van der Waals surface area contributed by atoms with Crippen LogP contribution in [0.3, 0.4) is 0 Å². The molecule has 1 aliphatic carbocycles. The Bertz CT molecular complexity index is 211. The smallest absolute Gasteiger partial charge is 0.314 e. The fraction of sp³-hybridized carbons (Fsp3) is 0.909. The van der Waals surface area contributed by atoms with Crippen LogP contribution in [0.2, 0.25) is 0 Å². The quantitative estimate of drug-likeness (QED) is 0.662. The first-order chi connectivity index (χ1) is 7.06. The largest absolute Gasteiger partial charge is 0.388 e. The zero-order valence-corrected chi connectivity index (χ0v) is 9.68. The predicted molar refractivity (Wildman–Crippen MR) is 59.7 cm³/mol. The maximum absolute atomic E-state index is 11.2. The molecule has 4 nitrogen and oxygen atoms in total. The van der Waals surface area contributed by atoms with E-state index in [4.69, 9.17) is 0 Å². The number of amides is 2. The highest BCUT2D eigenvalue weighted by Gasteiger charge is 2.31. The molecule has 2 amide bonds. The van der Waals surface area contributed by atoms with Gasteiger partial charge in [0.15, 0.2) is 0 Å². The van der Waals surface area contributed by atoms with Crippen molar-refractivity contribution in [1.29, 1.82) is 0 Å². The molecule has 0 aromatic heterocycles. The van der Waals surface area contributed by atoms with Crippen molar-refractivity contribution >= 4 is 6.03 Å². The number of hydrogen-bond donors (Lipinski definition) is 3. The van der Waals surface area contributed by atoms with E-state index in [0.29, 0.717) is 19.0 Å². The van der Waals surface area contributed by atoms with Crippen LogP contribution in [-0.4, -0.2) is 29.8 Å². The monoisotopic (exact) mass is 214 g/mol. The SMILES string of the molecule is CCNC(=O)NCC1(O)CCC(C)CC1. The molecule has 1 saturated carbocycles. The maximum Gasteiger partial charge on any atom is 0.314 e. The highest BCUT2D eigenvalue weighted by atomic mass is 16.3. The molecule has 0 aromatic rings. The van der Waals surface area contributed by atoms with Gasteiger partial charge in [-0.1, -0.05) is 6.92 Å². The van der Waals surface area contributed by atoms with Crippen LogP contribution in [0.4, 0.5) is 4.79 Å². The summed E-state index contributed by atoms with van der Waals surface area (Å²) in [5.41, 5.74) is -0.683. The molecular formula is C11H22N2O2. The van der Waals surface area contributed by atoms with Crippen LogP contribution < -0.4 is 10.6 Å². The van der Waals surface area contributed by atoms with Gasteiger partial charge in [-0.25, -0.2) is 4.79 Å². The summed E-state index contributed by atoms with van der Waals surface area (Å²) in [5.74, 6) is 0.703. The number of carbonyl (C=O) groups excluding carboxylic acids is 1. The van der Waals surface area contributed by atoms with Crippen LogP contribution >= 0.6 is 0 Å². The second-order valence-electron chi connectivity index (χ2n) is 4.62. The van der Waals surface area contributed by atoms with Gasteiger partial charge in [0.05, 0.1) is 5.60 Å². The van der Waals surface area contributed by atoms with E-state index in [1.54, 1.807) is 0 Å². The molecule has 15 heavy (non-hydrogen) atoms. The lowest BCUT2D eigenvalue weighted by atomic mass is 9.79. The van der Waals surface area contributed by atoms with Crippen molar-refractivity contribution in [1.82, 2.24) is 10.6 Å². The second-order valence-corrected chi connectivity index (χ2v) is 4.62. The molecule has 0 spiro atoms. The Hall–Kier alpha value is -0.770. The molecule has 0 saturated heterocycles. The van der Waals surface area contributed by atoms with Gasteiger partial charge in [0.1, 0.15) is 0 Å². The van der Waals surface area contributed by atoms with Crippen molar-refractivity contribution in [2.45, 2.75) is 45.1 Å². The number of carbonyl (C=O) groups is 1. The summed E-state index contributed by atoms with van der Waals surface area (Å²) >= 11 is 0. The van der Waals surface area contributed by atoms with Crippen molar-refractivity contribution in [3.63, 3.8) is 0 Å². The Morgan fingerprint density at radius 1 is 1.40 bits per heavy atom. The lowest BCUT2D eigenvalue weighted by Gasteiger charge is -2.34. The molecule has 1 rings (SSSR count). The van der Waals surface area contributed by atoms with Gasteiger partial charge >= 0.3 is 6.03 Å². The number of rotatable bonds is 3. The third kappa shape index (κ3) is 4.08. The first-order valence-corrected chi connectivity index (χ1v) is 5.80. The summed E-state index contributed by atoms with van der Waals surface area (Å²) in [6, 6.07) is -0.190.